The van der Waals surface area contributed by atoms with Gasteiger partial charge in [0.1, 0.15) is 0 Å². The Morgan fingerprint density at radius 3 is 2.44 bits per heavy atom. The predicted molar refractivity (Wildman–Crippen MR) is 35.8 cm³/mol. The minimum Gasteiger partial charge on any atom is -0.300 e. The minimum atomic E-state index is 0.0226. The van der Waals surface area contributed by atoms with Crippen molar-refractivity contribution in [3.05, 3.63) is 0 Å². The van der Waals surface area contributed by atoms with Gasteiger partial charge in [0.25, 0.3) is 0 Å². The second-order valence-corrected chi connectivity index (χ2v) is 2.77. The van der Waals surface area contributed by atoms with E-state index in [0.29, 0.717) is 0 Å². The van der Waals surface area contributed by atoms with Crippen molar-refractivity contribution < 1.29 is 4.84 Å². The van der Waals surface area contributed by atoms with Gasteiger partial charge in [0.05, 0.1) is 12.8 Å². The van der Waals surface area contributed by atoms with Crippen molar-refractivity contribution in [2.75, 3.05) is 20.2 Å². The minimum absolute atomic E-state index is 0.0226. The van der Waals surface area contributed by atoms with Crippen LogP contribution in [0.4, 0.5) is 0 Å². The van der Waals surface area contributed by atoms with Crippen molar-refractivity contribution in [1.29, 1.82) is 0 Å². The zero-order valence-electron chi connectivity index (χ0n) is 6.27. The Hall–Kier alpha value is -0.120. The third-order valence-electron chi connectivity index (χ3n) is 1.72. The molecular formula is C6H14N2O. The van der Waals surface area contributed by atoms with Crippen LogP contribution in [0.3, 0.4) is 0 Å². The van der Waals surface area contributed by atoms with Crippen molar-refractivity contribution in [2.24, 2.45) is 0 Å². The molecule has 1 N–H and O–H groups in total. The molecule has 1 fully saturated rings. The zero-order chi connectivity index (χ0) is 6.91. The number of hydrogen-bond acceptors (Lipinski definition) is 3. The SMILES string of the molecule is CON1CCNC1(C)C. The van der Waals surface area contributed by atoms with E-state index in [-0.39, 0.29) is 5.66 Å². The van der Waals surface area contributed by atoms with Gasteiger partial charge >= 0.3 is 0 Å². The van der Waals surface area contributed by atoms with Gasteiger partial charge in [0.15, 0.2) is 0 Å². The molecule has 0 aliphatic carbocycles. The van der Waals surface area contributed by atoms with Crippen LogP contribution in [-0.4, -0.2) is 30.9 Å². The van der Waals surface area contributed by atoms with Gasteiger partial charge in [-0.25, -0.2) is 0 Å². The van der Waals surface area contributed by atoms with Crippen molar-refractivity contribution >= 4 is 0 Å². The van der Waals surface area contributed by atoms with E-state index < -0.39 is 0 Å². The van der Waals surface area contributed by atoms with Crippen molar-refractivity contribution in [3.8, 4) is 0 Å². The van der Waals surface area contributed by atoms with Gasteiger partial charge in [-0.2, -0.15) is 5.06 Å². The largest absolute Gasteiger partial charge is 0.300 e. The third-order valence-corrected chi connectivity index (χ3v) is 1.72. The molecule has 1 saturated heterocycles. The van der Waals surface area contributed by atoms with Crippen LogP contribution in [0.5, 0.6) is 0 Å². The van der Waals surface area contributed by atoms with E-state index in [1.807, 2.05) is 5.06 Å². The van der Waals surface area contributed by atoms with Crippen LogP contribution in [0.1, 0.15) is 13.8 Å². The monoisotopic (exact) mass is 130 g/mol. The molecule has 0 amide bonds. The van der Waals surface area contributed by atoms with Crippen LogP contribution < -0.4 is 5.32 Å². The van der Waals surface area contributed by atoms with E-state index >= 15 is 0 Å². The quantitative estimate of drug-likeness (QED) is 0.548. The molecule has 9 heavy (non-hydrogen) atoms. The Kier molecular flexibility index (Phi) is 1.75. The Morgan fingerprint density at radius 2 is 2.22 bits per heavy atom. The van der Waals surface area contributed by atoms with E-state index in [0.717, 1.165) is 13.1 Å². The van der Waals surface area contributed by atoms with Crippen LogP contribution in [0, 0.1) is 0 Å². The average molecular weight is 130 g/mol. The topological polar surface area (TPSA) is 24.5 Å². The highest BCUT2D eigenvalue weighted by Gasteiger charge is 2.31. The van der Waals surface area contributed by atoms with Crippen LogP contribution in [0.25, 0.3) is 0 Å². The molecule has 1 aliphatic heterocycles. The smallest absolute Gasteiger partial charge is 0.0896 e. The molecule has 0 radical (unpaired) electrons. The molecule has 0 saturated carbocycles. The summed E-state index contributed by atoms with van der Waals surface area (Å²) in [4.78, 5) is 5.10. The van der Waals surface area contributed by atoms with Gasteiger partial charge in [0.2, 0.25) is 0 Å². The lowest BCUT2D eigenvalue weighted by Gasteiger charge is -2.28. The summed E-state index contributed by atoms with van der Waals surface area (Å²) in [6.07, 6.45) is 0. The molecule has 1 aliphatic rings. The Bertz CT molecular complexity index is 103. The van der Waals surface area contributed by atoms with Gasteiger partial charge in [-0.3, -0.25) is 5.32 Å². The van der Waals surface area contributed by atoms with Crippen LogP contribution >= 0.6 is 0 Å². The molecule has 0 unspecified atom stereocenters. The second kappa shape index (κ2) is 2.25. The summed E-state index contributed by atoms with van der Waals surface area (Å²) >= 11 is 0. The Balaban J connectivity index is 2.52. The van der Waals surface area contributed by atoms with Gasteiger partial charge in [-0.1, -0.05) is 0 Å². The van der Waals surface area contributed by atoms with Gasteiger partial charge < -0.3 is 4.84 Å². The molecule has 0 atom stereocenters. The molecule has 54 valence electrons. The molecule has 1 rings (SSSR count). The fourth-order valence-electron chi connectivity index (χ4n) is 1.15. The molecule has 0 aromatic rings. The summed E-state index contributed by atoms with van der Waals surface area (Å²) in [7, 11) is 1.70. The van der Waals surface area contributed by atoms with Gasteiger partial charge in [-0.15, -0.1) is 0 Å². The fourth-order valence-corrected chi connectivity index (χ4v) is 1.15. The lowest BCUT2D eigenvalue weighted by atomic mass is 10.3. The Labute approximate surface area is 55.9 Å². The number of nitrogens with zero attached hydrogens (tertiary/aromatic N) is 1. The lowest BCUT2D eigenvalue weighted by molar-refractivity contribution is -0.173. The van der Waals surface area contributed by atoms with Crippen molar-refractivity contribution in [3.63, 3.8) is 0 Å². The summed E-state index contributed by atoms with van der Waals surface area (Å²) in [6, 6.07) is 0. The van der Waals surface area contributed by atoms with Crippen LogP contribution in [-0.2, 0) is 4.84 Å². The van der Waals surface area contributed by atoms with Crippen LogP contribution in [0.2, 0.25) is 0 Å². The highest BCUT2D eigenvalue weighted by atomic mass is 16.7. The third kappa shape index (κ3) is 1.23. The summed E-state index contributed by atoms with van der Waals surface area (Å²) in [5.41, 5.74) is 0.0226. The molecule has 0 aromatic heterocycles. The second-order valence-electron chi connectivity index (χ2n) is 2.77. The van der Waals surface area contributed by atoms with E-state index in [9.17, 15) is 0 Å². The summed E-state index contributed by atoms with van der Waals surface area (Å²) in [5, 5.41) is 5.24. The average Bonchev–Trinajstić information content (AvgIpc) is 2.08. The van der Waals surface area contributed by atoms with Crippen LogP contribution in [0.15, 0.2) is 0 Å². The van der Waals surface area contributed by atoms with E-state index in [4.69, 9.17) is 4.84 Å². The summed E-state index contributed by atoms with van der Waals surface area (Å²) in [6.45, 7) is 6.19. The Morgan fingerprint density at radius 1 is 1.56 bits per heavy atom. The molecular weight excluding hydrogens is 116 g/mol. The first-order valence-corrected chi connectivity index (χ1v) is 3.23. The first-order chi connectivity index (χ1) is 4.17. The van der Waals surface area contributed by atoms with E-state index in [2.05, 4.69) is 19.2 Å². The number of hydrogen-bond donors (Lipinski definition) is 1. The zero-order valence-corrected chi connectivity index (χ0v) is 6.27. The maximum absolute atomic E-state index is 5.10. The standard InChI is InChI=1S/C6H14N2O/c1-6(2)7-4-5-8(6)9-3/h7H,4-5H2,1-3H3. The lowest BCUT2D eigenvalue weighted by Crippen LogP contribution is -2.45. The molecule has 3 nitrogen and oxygen atoms in total. The molecule has 0 spiro atoms. The first-order valence-electron chi connectivity index (χ1n) is 3.23. The van der Waals surface area contributed by atoms with Crippen molar-refractivity contribution in [2.45, 2.75) is 19.5 Å². The first kappa shape index (κ1) is 6.99. The molecule has 0 aromatic carbocycles. The summed E-state index contributed by atoms with van der Waals surface area (Å²) < 4.78 is 0. The maximum atomic E-state index is 5.10. The van der Waals surface area contributed by atoms with E-state index in [1.165, 1.54) is 0 Å². The molecule has 1 heterocycles. The molecule has 3 heteroatoms. The maximum Gasteiger partial charge on any atom is 0.0896 e. The van der Waals surface area contributed by atoms with E-state index in [1.54, 1.807) is 7.11 Å². The number of hydroxylamine groups is 2. The predicted octanol–water partition coefficient (Wildman–Crippen LogP) is 0.189. The molecule has 0 bridgehead atoms. The fraction of sp³-hybridized carbons (Fsp3) is 1.00. The van der Waals surface area contributed by atoms with Crippen molar-refractivity contribution in [1.82, 2.24) is 10.4 Å². The normalized spacial score (nSPS) is 27.0. The van der Waals surface area contributed by atoms with Gasteiger partial charge in [0, 0.05) is 13.1 Å². The number of rotatable bonds is 1. The summed E-state index contributed by atoms with van der Waals surface area (Å²) in [5.74, 6) is 0. The highest BCUT2D eigenvalue weighted by molar-refractivity contribution is 4.80. The highest BCUT2D eigenvalue weighted by Crippen LogP contribution is 2.14. The van der Waals surface area contributed by atoms with Gasteiger partial charge in [-0.05, 0) is 13.8 Å². The number of nitrogens with one attached hydrogen (secondary N) is 1.